The van der Waals surface area contributed by atoms with E-state index in [0.29, 0.717) is 10.5 Å². The molecule has 0 radical (unpaired) electrons. The number of carbonyl (C=O) groups is 1. The van der Waals surface area contributed by atoms with Crippen molar-refractivity contribution in [3.8, 4) is 0 Å². The number of halogens is 3. The molecular formula is C22H21F3N6O4S. The first-order chi connectivity index (χ1) is 16.9. The molecule has 0 unspecified atom stereocenters. The van der Waals surface area contributed by atoms with Crippen LogP contribution >= 0.6 is 0 Å². The van der Waals surface area contributed by atoms with Gasteiger partial charge in [0.1, 0.15) is 11.4 Å². The number of benzene rings is 1. The molecule has 3 aromatic heterocycles. The number of fused-ring (bicyclic) bond motifs is 1. The molecule has 36 heavy (non-hydrogen) atoms. The molecule has 1 aromatic carbocycles. The molecule has 0 bridgehead atoms. The van der Waals surface area contributed by atoms with Gasteiger partial charge in [-0.05, 0) is 31.5 Å². The zero-order valence-corrected chi connectivity index (χ0v) is 20.2. The van der Waals surface area contributed by atoms with Gasteiger partial charge < -0.3 is 4.42 Å². The second-order valence-electron chi connectivity index (χ2n) is 8.23. The molecule has 0 fully saturated rings. The maximum absolute atomic E-state index is 13.7. The van der Waals surface area contributed by atoms with Gasteiger partial charge in [0.05, 0.1) is 17.4 Å². The first-order valence-electron chi connectivity index (χ1n) is 10.7. The Morgan fingerprint density at radius 2 is 1.81 bits per heavy atom. The van der Waals surface area contributed by atoms with Gasteiger partial charge in [0.2, 0.25) is 5.89 Å². The fraction of sp³-hybridized carbons (Fsp3) is 0.318. The predicted molar refractivity (Wildman–Crippen MR) is 120 cm³/mol. The number of rotatable bonds is 6. The van der Waals surface area contributed by atoms with Gasteiger partial charge in [-0.15, -0.1) is 15.3 Å². The van der Waals surface area contributed by atoms with Crippen molar-refractivity contribution in [1.82, 2.24) is 24.4 Å². The van der Waals surface area contributed by atoms with Crippen molar-refractivity contribution in [3.63, 3.8) is 0 Å². The van der Waals surface area contributed by atoms with E-state index in [0.717, 1.165) is 11.6 Å². The minimum atomic E-state index is -4.86. The molecule has 0 saturated carbocycles. The van der Waals surface area contributed by atoms with Crippen LogP contribution in [0.3, 0.4) is 0 Å². The van der Waals surface area contributed by atoms with E-state index in [1.807, 2.05) is 30.3 Å². The molecule has 0 saturated heterocycles. The molecule has 10 nitrogen and oxygen atoms in total. The van der Waals surface area contributed by atoms with Gasteiger partial charge in [0.25, 0.3) is 5.91 Å². The molecular weight excluding hydrogens is 501 g/mol. The van der Waals surface area contributed by atoms with E-state index in [2.05, 4.69) is 20.3 Å². The molecule has 1 amide bonds. The lowest BCUT2D eigenvalue weighted by molar-refractivity contribution is -0.142. The number of alkyl halides is 3. The van der Waals surface area contributed by atoms with Gasteiger partial charge in [-0.3, -0.25) is 9.20 Å². The minimum absolute atomic E-state index is 0.165. The van der Waals surface area contributed by atoms with E-state index in [1.54, 1.807) is 6.92 Å². The summed E-state index contributed by atoms with van der Waals surface area (Å²) in [7, 11) is -3.81. The smallest absolute Gasteiger partial charge is 0.408 e. The van der Waals surface area contributed by atoms with Gasteiger partial charge in [-0.1, -0.05) is 30.3 Å². The van der Waals surface area contributed by atoms with Gasteiger partial charge in [0.15, 0.2) is 21.3 Å². The van der Waals surface area contributed by atoms with Crippen LogP contribution in [-0.4, -0.2) is 44.0 Å². The van der Waals surface area contributed by atoms with Gasteiger partial charge in [0, 0.05) is 6.92 Å². The predicted octanol–water partition coefficient (Wildman–Crippen LogP) is 2.96. The summed E-state index contributed by atoms with van der Waals surface area (Å²) in [5, 5.41) is 10.7. The third-order valence-electron chi connectivity index (χ3n) is 5.28. The Kier molecular flexibility index (Phi) is 6.56. The normalized spacial score (nSPS) is 13.1. The Balaban J connectivity index is 1.82. The maximum Gasteiger partial charge on any atom is 0.431 e. The summed E-state index contributed by atoms with van der Waals surface area (Å²) in [6, 6.07) is 10.7. The highest BCUT2D eigenvalue weighted by Gasteiger charge is 2.36. The fourth-order valence-electron chi connectivity index (χ4n) is 3.39. The third-order valence-corrected chi connectivity index (χ3v) is 7.38. The zero-order valence-electron chi connectivity index (χ0n) is 19.4. The molecule has 3 heterocycles. The summed E-state index contributed by atoms with van der Waals surface area (Å²) >= 11 is 0. The van der Waals surface area contributed by atoms with Crippen molar-refractivity contribution in [2.75, 3.05) is 0 Å². The average molecular weight is 523 g/mol. The second kappa shape index (κ2) is 9.33. The number of hydrogen-bond donors (Lipinski definition) is 0. The van der Waals surface area contributed by atoms with Crippen LogP contribution in [0.25, 0.3) is 5.65 Å². The van der Waals surface area contributed by atoms with Crippen molar-refractivity contribution in [2.24, 2.45) is 4.99 Å². The molecule has 0 aliphatic rings. The first-order valence-corrected chi connectivity index (χ1v) is 12.4. The topological polar surface area (TPSA) is 125 Å². The highest BCUT2D eigenvalue weighted by molar-refractivity contribution is 7.91. The van der Waals surface area contributed by atoms with E-state index in [9.17, 15) is 26.4 Å². The van der Waals surface area contributed by atoms with Crippen LogP contribution in [0.1, 0.15) is 47.2 Å². The van der Waals surface area contributed by atoms with Crippen molar-refractivity contribution in [3.05, 3.63) is 76.7 Å². The summed E-state index contributed by atoms with van der Waals surface area (Å²) in [4.78, 5) is 17.0. The van der Waals surface area contributed by atoms with E-state index >= 15 is 0 Å². The van der Waals surface area contributed by atoms with Gasteiger partial charge in [-0.2, -0.15) is 18.2 Å². The van der Waals surface area contributed by atoms with E-state index < -0.39 is 50.1 Å². The van der Waals surface area contributed by atoms with Crippen molar-refractivity contribution < 1.29 is 30.8 Å². The summed E-state index contributed by atoms with van der Waals surface area (Å²) in [5.74, 6) is -1.99. The van der Waals surface area contributed by atoms with E-state index in [1.165, 1.54) is 18.5 Å². The molecule has 4 aromatic rings. The van der Waals surface area contributed by atoms with Crippen LogP contribution in [0.5, 0.6) is 0 Å². The highest BCUT2D eigenvalue weighted by atomic mass is 32.2. The van der Waals surface area contributed by atoms with Crippen molar-refractivity contribution in [1.29, 1.82) is 0 Å². The monoisotopic (exact) mass is 522 g/mol. The Labute approximate surface area is 203 Å². The lowest BCUT2D eigenvalue weighted by atomic mass is 10.2. The van der Waals surface area contributed by atoms with Gasteiger partial charge >= 0.3 is 11.9 Å². The van der Waals surface area contributed by atoms with Crippen LogP contribution in [-0.2, 0) is 28.3 Å². The van der Waals surface area contributed by atoms with Crippen LogP contribution in [0, 0.1) is 6.92 Å². The standard InChI is InChI=1S/C22H21F3N6O4S/c1-13(2)36(33,34)12-18-27-28-19-16(9-10-17(31(18)19)22(23,24)25)20(32)26-21-30(29-14(3)35-21)11-15-7-5-4-6-8-15/h4-10,13H,11-12H2,1-3H3. The largest absolute Gasteiger partial charge is 0.431 e. The average Bonchev–Trinajstić information content (AvgIpc) is 3.35. The highest BCUT2D eigenvalue weighted by Crippen LogP contribution is 2.31. The number of aromatic nitrogens is 5. The number of nitrogens with zero attached hydrogens (tertiary/aromatic N) is 6. The lowest BCUT2D eigenvalue weighted by Gasteiger charge is -2.13. The Morgan fingerprint density at radius 1 is 1.11 bits per heavy atom. The molecule has 0 spiro atoms. The van der Waals surface area contributed by atoms with E-state index in [4.69, 9.17) is 4.42 Å². The molecule has 0 aliphatic heterocycles. The van der Waals surface area contributed by atoms with Crippen LogP contribution < -0.4 is 5.68 Å². The Hall–Kier alpha value is -3.81. The number of hydrogen-bond acceptors (Lipinski definition) is 7. The SMILES string of the molecule is Cc1nn(Cc2ccccc2)c(=NC(=O)c2ccc(C(F)(F)F)n3c(CS(=O)(=O)C(C)C)nnc23)o1. The molecule has 4 rings (SSSR count). The number of aryl methyl sites for hydroxylation is 1. The quantitative estimate of drug-likeness (QED) is 0.381. The number of sulfone groups is 1. The summed E-state index contributed by atoms with van der Waals surface area (Å²) in [5.41, 5.74) is -1.32. The Bertz CT molecular complexity index is 1600. The maximum atomic E-state index is 13.7. The zero-order chi connectivity index (χ0) is 26.3. The van der Waals surface area contributed by atoms with Crippen LogP contribution in [0.15, 0.2) is 51.9 Å². The molecule has 0 atom stereocenters. The molecule has 0 aliphatic carbocycles. The van der Waals surface area contributed by atoms with Crippen molar-refractivity contribution >= 4 is 21.4 Å². The number of carbonyl (C=O) groups excluding carboxylic acids is 1. The summed E-state index contributed by atoms with van der Waals surface area (Å²) in [6.45, 7) is 4.60. The van der Waals surface area contributed by atoms with Crippen molar-refractivity contribution in [2.45, 2.75) is 44.5 Å². The van der Waals surface area contributed by atoms with Crippen LogP contribution in [0.4, 0.5) is 13.2 Å². The Morgan fingerprint density at radius 3 is 2.44 bits per heavy atom. The van der Waals surface area contributed by atoms with Crippen LogP contribution in [0.2, 0.25) is 0 Å². The summed E-state index contributed by atoms with van der Waals surface area (Å²) < 4.78 is 73.3. The minimum Gasteiger partial charge on any atom is -0.408 e. The first kappa shape index (κ1) is 25.3. The second-order valence-corrected chi connectivity index (χ2v) is 10.8. The third kappa shape index (κ3) is 5.08. The number of pyridine rings is 1. The molecule has 190 valence electrons. The summed E-state index contributed by atoms with van der Waals surface area (Å²) in [6.07, 6.45) is -4.86. The number of amides is 1. The van der Waals surface area contributed by atoms with E-state index in [-0.39, 0.29) is 23.7 Å². The fourth-order valence-corrected chi connectivity index (χ4v) is 4.27. The molecule has 14 heteroatoms. The molecule has 0 N–H and O–H groups in total. The van der Waals surface area contributed by atoms with Gasteiger partial charge in [-0.25, -0.2) is 13.1 Å². The lowest BCUT2D eigenvalue weighted by Crippen LogP contribution is -2.22.